The van der Waals surface area contributed by atoms with E-state index in [9.17, 15) is 5.11 Å². The molecule has 1 rings (SSSR count). The maximum atomic E-state index is 9.88. The number of hydrogen-bond donors (Lipinski definition) is 1. The molecule has 94 valence electrons. The first-order valence-electron chi connectivity index (χ1n) is 5.34. The molecule has 0 spiro atoms. The van der Waals surface area contributed by atoms with Gasteiger partial charge in [-0.25, -0.2) is 0 Å². The highest BCUT2D eigenvalue weighted by molar-refractivity contribution is 9.10. The normalized spacial score (nSPS) is 11.0. The van der Waals surface area contributed by atoms with Crippen LogP contribution in [-0.2, 0) is 0 Å². The highest BCUT2D eigenvalue weighted by atomic mass is 79.9. The SMILES string of the molecule is N#CCCCSC(=S)/C=C(\O)c1ccc(Br)cc1. The van der Waals surface area contributed by atoms with Crippen molar-refractivity contribution in [3.05, 3.63) is 40.4 Å². The molecular weight excluding hydrogens is 330 g/mol. The average molecular weight is 342 g/mol. The van der Waals surface area contributed by atoms with Crippen molar-refractivity contribution < 1.29 is 5.11 Å². The number of unbranched alkanes of at least 4 members (excludes halogenated alkanes) is 1. The van der Waals surface area contributed by atoms with E-state index < -0.39 is 0 Å². The molecule has 0 amide bonds. The Labute approximate surface area is 125 Å². The quantitative estimate of drug-likeness (QED) is 0.364. The molecule has 0 saturated heterocycles. The third-order valence-electron chi connectivity index (χ3n) is 2.07. The minimum absolute atomic E-state index is 0.167. The summed E-state index contributed by atoms with van der Waals surface area (Å²) in [6.07, 6.45) is 2.93. The molecule has 0 bridgehead atoms. The number of thioether (sulfide) groups is 1. The van der Waals surface area contributed by atoms with Gasteiger partial charge >= 0.3 is 0 Å². The lowest BCUT2D eigenvalue weighted by Crippen LogP contribution is -1.90. The standard InChI is InChI=1S/C13H12BrNOS2/c14-11-5-3-10(4-6-11)12(16)9-13(17)18-8-2-1-7-15/h3-6,9,16H,1-2,8H2/b12-9-. The highest BCUT2D eigenvalue weighted by Gasteiger charge is 2.01. The zero-order valence-electron chi connectivity index (χ0n) is 9.60. The van der Waals surface area contributed by atoms with E-state index in [2.05, 4.69) is 22.0 Å². The van der Waals surface area contributed by atoms with Gasteiger partial charge in [0.05, 0.1) is 10.3 Å². The molecule has 0 aliphatic carbocycles. The summed E-state index contributed by atoms with van der Waals surface area (Å²) in [6.45, 7) is 0. The van der Waals surface area contributed by atoms with E-state index in [1.165, 1.54) is 11.8 Å². The molecule has 0 aliphatic rings. The lowest BCUT2D eigenvalue weighted by Gasteiger charge is -2.02. The van der Waals surface area contributed by atoms with Crippen LogP contribution in [0.5, 0.6) is 0 Å². The predicted molar refractivity (Wildman–Crippen MR) is 84.7 cm³/mol. The molecule has 0 radical (unpaired) electrons. The van der Waals surface area contributed by atoms with Crippen molar-refractivity contribution in [3.8, 4) is 6.07 Å². The molecule has 0 heterocycles. The topological polar surface area (TPSA) is 44.0 Å². The molecular formula is C13H12BrNOS2. The molecule has 1 aromatic carbocycles. The Hall–Kier alpha value is -0.830. The first-order valence-corrected chi connectivity index (χ1v) is 7.52. The second-order valence-corrected chi connectivity index (χ2v) is 6.22. The number of nitrogens with zero attached hydrogens (tertiary/aromatic N) is 1. The summed E-state index contributed by atoms with van der Waals surface area (Å²) < 4.78 is 1.60. The Morgan fingerprint density at radius 2 is 2.11 bits per heavy atom. The van der Waals surface area contributed by atoms with Gasteiger partial charge in [0.2, 0.25) is 0 Å². The summed E-state index contributed by atoms with van der Waals surface area (Å²) in [6, 6.07) is 9.45. The van der Waals surface area contributed by atoms with E-state index in [4.69, 9.17) is 17.5 Å². The van der Waals surface area contributed by atoms with Gasteiger partial charge in [-0.3, -0.25) is 0 Å². The van der Waals surface area contributed by atoms with Crippen LogP contribution in [0.15, 0.2) is 34.8 Å². The number of nitriles is 1. The second-order valence-electron chi connectivity index (χ2n) is 3.47. The van der Waals surface area contributed by atoms with Crippen molar-refractivity contribution in [2.24, 2.45) is 0 Å². The first kappa shape index (κ1) is 15.2. The summed E-state index contributed by atoms with van der Waals surface area (Å²) in [5, 5.41) is 18.3. The molecule has 5 heteroatoms. The fourth-order valence-electron chi connectivity index (χ4n) is 1.18. The highest BCUT2D eigenvalue weighted by Crippen LogP contribution is 2.18. The van der Waals surface area contributed by atoms with E-state index in [0.717, 1.165) is 22.2 Å². The van der Waals surface area contributed by atoms with Gasteiger partial charge in [-0.2, -0.15) is 5.26 Å². The molecule has 0 aromatic heterocycles. The lowest BCUT2D eigenvalue weighted by atomic mass is 10.2. The zero-order chi connectivity index (χ0) is 13.4. The number of aliphatic hydroxyl groups is 1. The smallest absolute Gasteiger partial charge is 0.124 e. The van der Waals surface area contributed by atoms with E-state index in [1.807, 2.05) is 24.3 Å². The number of halogens is 1. The van der Waals surface area contributed by atoms with Crippen molar-refractivity contribution >= 4 is 49.9 Å². The minimum Gasteiger partial charge on any atom is -0.507 e. The summed E-state index contributed by atoms with van der Waals surface area (Å²) >= 11 is 9.95. The Kier molecular flexibility index (Phi) is 7.02. The molecule has 1 aromatic rings. The molecule has 0 atom stereocenters. The van der Waals surface area contributed by atoms with Crippen molar-refractivity contribution in [2.75, 3.05) is 5.75 Å². The van der Waals surface area contributed by atoms with Crippen LogP contribution in [-0.4, -0.2) is 15.1 Å². The Morgan fingerprint density at radius 3 is 2.72 bits per heavy atom. The lowest BCUT2D eigenvalue weighted by molar-refractivity contribution is 0.512. The van der Waals surface area contributed by atoms with E-state index >= 15 is 0 Å². The summed E-state index contributed by atoms with van der Waals surface area (Å²) in [5.41, 5.74) is 0.734. The van der Waals surface area contributed by atoms with Gasteiger partial charge in [0.1, 0.15) is 5.76 Å². The van der Waals surface area contributed by atoms with Crippen LogP contribution in [0.3, 0.4) is 0 Å². The second kappa shape index (κ2) is 8.30. The van der Waals surface area contributed by atoms with Gasteiger partial charge in [0, 0.05) is 22.5 Å². The van der Waals surface area contributed by atoms with Gasteiger partial charge in [0.25, 0.3) is 0 Å². The van der Waals surface area contributed by atoms with E-state index in [0.29, 0.717) is 10.6 Å². The number of thiocarbonyl (C=S) groups is 1. The van der Waals surface area contributed by atoms with Crippen molar-refractivity contribution in [2.45, 2.75) is 12.8 Å². The van der Waals surface area contributed by atoms with Gasteiger partial charge in [-0.15, -0.1) is 11.8 Å². The van der Waals surface area contributed by atoms with Gasteiger partial charge < -0.3 is 5.11 Å². The fraction of sp³-hybridized carbons (Fsp3) is 0.231. The third kappa shape index (κ3) is 5.67. The van der Waals surface area contributed by atoms with Crippen LogP contribution >= 0.6 is 39.9 Å². The van der Waals surface area contributed by atoms with Crippen molar-refractivity contribution in [3.63, 3.8) is 0 Å². The molecule has 0 unspecified atom stereocenters. The fourth-order valence-corrected chi connectivity index (χ4v) is 2.49. The maximum Gasteiger partial charge on any atom is 0.124 e. The zero-order valence-corrected chi connectivity index (χ0v) is 12.8. The van der Waals surface area contributed by atoms with E-state index in [1.54, 1.807) is 6.08 Å². The minimum atomic E-state index is 0.167. The van der Waals surface area contributed by atoms with Gasteiger partial charge in [0.15, 0.2) is 0 Å². The summed E-state index contributed by atoms with van der Waals surface area (Å²) in [7, 11) is 0. The number of rotatable bonds is 5. The number of hydrogen-bond acceptors (Lipinski definition) is 4. The Morgan fingerprint density at radius 1 is 1.44 bits per heavy atom. The molecule has 0 fully saturated rings. The summed E-state index contributed by atoms with van der Waals surface area (Å²) in [4.78, 5) is 0. The molecule has 0 aliphatic heterocycles. The van der Waals surface area contributed by atoms with Crippen LogP contribution in [0.2, 0.25) is 0 Å². The third-order valence-corrected chi connectivity index (χ3v) is 3.97. The Bertz CT molecular complexity index is 477. The van der Waals surface area contributed by atoms with E-state index in [-0.39, 0.29) is 5.76 Å². The largest absolute Gasteiger partial charge is 0.507 e. The average Bonchev–Trinajstić information content (AvgIpc) is 2.35. The molecule has 2 nitrogen and oxygen atoms in total. The molecule has 1 N–H and O–H groups in total. The van der Waals surface area contributed by atoms with Crippen LogP contribution in [0.1, 0.15) is 18.4 Å². The van der Waals surface area contributed by atoms with Crippen molar-refractivity contribution in [1.29, 1.82) is 5.26 Å². The van der Waals surface area contributed by atoms with Crippen LogP contribution in [0.4, 0.5) is 0 Å². The Balaban J connectivity index is 2.52. The van der Waals surface area contributed by atoms with Crippen LogP contribution in [0, 0.1) is 11.3 Å². The summed E-state index contributed by atoms with van der Waals surface area (Å²) in [5.74, 6) is 0.969. The molecule has 18 heavy (non-hydrogen) atoms. The molecule has 0 saturated carbocycles. The first-order chi connectivity index (χ1) is 8.63. The monoisotopic (exact) mass is 341 g/mol. The van der Waals surface area contributed by atoms with Gasteiger partial charge in [-0.05, 0) is 24.3 Å². The maximum absolute atomic E-state index is 9.88. The predicted octanol–water partition coefficient (Wildman–Crippen LogP) is 4.71. The van der Waals surface area contributed by atoms with Crippen LogP contribution < -0.4 is 0 Å². The number of aliphatic hydroxyl groups excluding tert-OH is 1. The van der Waals surface area contributed by atoms with Gasteiger partial charge in [-0.1, -0.05) is 40.3 Å². The van der Waals surface area contributed by atoms with Crippen molar-refractivity contribution in [1.82, 2.24) is 0 Å². The van der Waals surface area contributed by atoms with Crippen LogP contribution in [0.25, 0.3) is 5.76 Å². The number of benzene rings is 1.